The summed E-state index contributed by atoms with van der Waals surface area (Å²) in [4.78, 5) is 0.465. The molecule has 1 heterocycles. The number of nitrogens with one attached hydrogen (secondary N) is 1. The lowest BCUT2D eigenvalue weighted by Crippen LogP contribution is -2.08. The van der Waals surface area contributed by atoms with Crippen molar-refractivity contribution in [3.63, 3.8) is 0 Å². The van der Waals surface area contributed by atoms with Crippen LogP contribution in [0.2, 0.25) is 0 Å². The molecule has 0 atom stereocenters. The highest BCUT2D eigenvalue weighted by atomic mass is 79.9. The lowest BCUT2D eigenvalue weighted by Gasteiger charge is -2.11. The van der Waals surface area contributed by atoms with Crippen LogP contribution >= 0.6 is 27.7 Å². The zero-order chi connectivity index (χ0) is 17.9. The van der Waals surface area contributed by atoms with Gasteiger partial charge in [0.15, 0.2) is 0 Å². The van der Waals surface area contributed by atoms with E-state index in [0.29, 0.717) is 10.8 Å². The maximum absolute atomic E-state index is 13.1. The Hall–Kier alpha value is -1.25. The molecule has 0 aliphatic heterocycles. The van der Waals surface area contributed by atoms with Crippen LogP contribution in [0, 0.1) is 0 Å². The molecule has 0 aliphatic rings. The Kier molecular flexibility index (Phi) is 6.17. The van der Waals surface area contributed by atoms with Crippen LogP contribution in [-0.2, 0) is 9.84 Å². The molecule has 0 bridgehead atoms. The quantitative estimate of drug-likeness (QED) is 0.685. The van der Waals surface area contributed by atoms with Gasteiger partial charge in [0.25, 0.3) is 0 Å². The number of halogens is 1. The van der Waals surface area contributed by atoms with Crippen molar-refractivity contribution in [1.29, 1.82) is 0 Å². The van der Waals surface area contributed by atoms with E-state index in [0.717, 1.165) is 16.6 Å². The van der Waals surface area contributed by atoms with E-state index in [1.54, 1.807) is 42.1 Å². The topological polar surface area (TPSA) is 64.0 Å². The molecule has 0 fully saturated rings. The maximum Gasteiger partial charge on any atom is 0.213 e. The van der Waals surface area contributed by atoms with Gasteiger partial charge in [-0.1, -0.05) is 41.1 Å². The van der Waals surface area contributed by atoms with Crippen LogP contribution < -0.4 is 5.32 Å². The average molecular weight is 430 g/mol. The van der Waals surface area contributed by atoms with E-state index < -0.39 is 9.84 Å². The third-order valence-corrected chi connectivity index (χ3v) is 7.34. The predicted molar refractivity (Wildman–Crippen MR) is 104 cm³/mol. The highest BCUT2D eigenvalue weighted by Crippen LogP contribution is 2.37. The lowest BCUT2D eigenvalue weighted by molar-refractivity contribution is 0.594. The number of aromatic nitrogens is 2. The largest absolute Gasteiger partial charge is 0.372 e. The second-order valence-corrected chi connectivity index (χ2v) is 8.65. The zero-order valence-electron chi connectivity index (χ0n) is 14.0. The van der Waals surface area contributed by atoms with E-state index in [-0.39, 0.29) is 9.79 Å². The molecule has 1 aromatic carbocycles. The normalized spacial score (nSPS) is 12.9. The van der Waals surface area contributed by atoms with Gasteiger partial charge in [-0.15, -0.1) is 11.8 Å². The highest BCUT2D eigenvalue weighted by molar-refractivity contribution is 9.11. The second-order valence-electron chi connectivity index (χ2n) is 5.01. The Bertz CT molecular complexity index is 859. The minimum atomic E-state index is -3.67. The van der Waals surface area contributed by atoms with Gasteiger partial charge in [0.1, 0.15) is 15.7 Å². The average Bonchev–Trinajstić information content (AvgIpc) is 3.00. The fourth-order valence-electron chi connectivity index (χ4n) is 2.31. The van der Waals surface area contributed by atoms with Gasteiger partial charge in [-0.25, -0.2) is 13.1 Å². The van der Waals surface area contributed by atoms with Crippen LogP contribution in [0.1, 0.15) is 20.3 Å². The number of anilines is 1. The molecule has 130 valence electrons. The summed E-state index contributed by atoms with van der Waals surface area (Å²) in [6.07, 6.45) is 2.62. The molecule has 0 amide bonds. The van der Waals surface area contributed by atoms with Crippen molar-refractivity contribution in [2.24, 2.45) is 0 Å². The van der Waals surface area contributed by atoms with Gasteiger partial charge in [0.2, 0.25) is 9.84 Å². The molecule has 2 rings (SSSR count). The zero-order valence-corrected chi connectivity index (χ0v) is 17.2. The van der Waals surface area contributed by atoms with Crippen molar-refractivity contribution >= 4 is 49.0 Å². The van der Waals surface area contributed by atoms with Gasteiger partial charge in [-0.3, -0.25) is 0 Å². The van der Waals surface area contributed by atoms with Crippen molar-refractivity contribution in [1.82, 2.24) is 9.78 Å². The summed E-state index contributed by atoms with van der Waals surface area (Å²) in [7, 11) is -1.97. The number of hydrogen-bond donors (Lipinski definition) is 1. The number of benzene rings is 1. The van der Waals surface area contributed by atoms with Crippen LogP contribution in [0.5, 0.6) is 0 Å². The molecule has 0 unspecified atom stereocenters. The summed E-state index contributed by atoms with van der Waals surface area (Å²) in [5, 5.41) is 7.99. The molecule has 24 heavy (non-hydrogen) atoms. The number of nitrogens with zero attached hydrogens (tertiary/aromatic N) is 2. The summed E-state index contributed by atoms with van der Waals surface area (Å²) in [5.41, 5.74) is 0.853. The molecule has 0 saturated heterocycles. The SMILES string of the molecule is CC/C(Br)=C(/C)n1nc(SC)c(S(=O)(=O)c2ccccc2)c1NC. The van der Waals surface area contributed by atoms with E-state index in [4.69, 9.17) is 0 Å². The van der Waals surface area contributed by atoms with Gasteiger partial charge in [0.05, 0.1) is 10.6 Å². The molecule has 0 aliphatic carbocycles. The summed E-state index contributed by atoms with van der Waals surface area (Å²) in [6.45, 7) is 3.93. The van der Waals surface area contributed by atoms with E-state index in [2.05, 4.69) is 26.3 Å². The number of thioether (sulfide) groups is 1. The summed E-state index contributed by atoms with van der Waals surface area (Å²) >= 11 is 4.84. The minimum Gasteiger partial charge on any atom is -0.372 e. The van der Waals surface area contributed by atoms with Crippen LogP contribution in [-0.4, -0.2) is 31.5 Å². The Morgan fingerprint density at radius 2 is 1.96 bits per heavy atom. The first-order valence-corrected chi connectivity index (χ1v) is 10.9. The first-order chi connectivity index (χ1) is 11.4. The fourth-order valence-corrected chi connectivity index (χ4v) is 4.97. The Morgan fingerprint density at radius 3 is 2.46 bits per heavy atom. The van der Waals surface area contributed by atoms with Gasteiger partial charge in [-0.2, -0.15) is 5.10 Å². The van der Waals surface area contributed by atoms with E-state index >= 15 is 0 Å². The Labute approximate surface area is 155 Å². The molecule has 8 heteroatoms. The summed E-state index contributed by atoms with van der Waals surface area (Å²) in [6, 6.07) is 8.42. The minimum absolute atomic E-state index is 0.208. The molecule has 5 nitrogen and oxygen atoms in total. The van der Waals surface area contributed by atoms with Crippen molar-refractivity contribution < 1.29 is 8.42 Å². The van der Waals surface area contributed by atoms with E-state index in [9.17, 15) is 8.42 Å². The molecular weight excluding hydrogens is 410 g/mol. The van der Waals surface area contributed by atoms with Crippen LogP contribution in [0.4, 0.5) is 5.82 Å². The monoisotopic (exact) mass is 429 g/mol. The smallest absolute Gasteiger partial charge is 0.213 e. The van der Waals surface area contributed by atoms with Crippen LogP contribution in [0.3, 0.4) is 0 Å². The molecule has 2 aromatic rings. The first-order valence-electron chi connectivity index (χ1n) is 7.39. The van der Waals surface area contributed by atoms with Crippen LogP contribution in [0.25, 0.3) is 5.70 Å². The standard InChI is InChI=1S/C16H20BrN3O2S2/c1-5-13(17)11(2)20-15(18-3)14(16(19-20)23-4)24(21,22)12-9-7-6-8-10-12/h6-10,18H,5H2,1-4H3/b13-11+. The van der Waals surface area contributed by atoms with Gasteiger partial charge >= 0.3 is 0 Å². The highest BCUT2D eigenvalue weighted by Gasteiger charge is 2.30. The molecule has 0 radical (unpaired) electrons. The van der Waals surface area contributed by atoms with Gasteiger partial charge < -0.3 is 5.32 Å². The molecule has 0 spiro atoms. The predicted octanol–water partition coefficient (Wildman–Crippen LogP) is 4.47. The molecule has 0 saturated carbocycles. The van der Waals surface area contributed by atoms with Crippen molar-refractivity contribution in [2.45, 2.75) is 35.1 Å². The third kappa shape index (κ3) is 3.41. The van der Waals surface area contributed by atoms with Crippen molar-refractivity contribution in [2.75, 3.05) is 18.6 Å². The lowest BCUT2D eigenvalue weighted by atomic mass is 10.3. The summed E-state index contributed by atoms with van der Waals surface area (Å²) < 4.78 is 28.9. The Balaban J connectivity index is 2.78. The van der Waals surface area contributed by atoms with Crippen molar-refractivity contribution in [3.8, 4) is 0 Å². The first kappa shape index (κ1) is 19.1. The summed E-state index contributed by atoms with van der Waals surface area (Å²) in [5.74, 6) is 0.464. The number of sulfone groups is 1. The second kappa shape index (κ2) is 7.76. The molecule has 1 aromatic heterocycles. The van der Waals surface area contributed by atoms with Gasteiger partial charge in [0, 0.05) is 11.5 Å². The van der Waals surface area contributed by atoms with Crippen LogP contribution in [0.15, 0.2) is 49.6 Å². The third-order valence-electron chi connectivity index (χ3n) is 3.59. The number of hydrogen-bond acceptors (Lipinski definition) is 5. The van der Waals surface area contributed by atoms with Crippen molar-refractivity contribution in [3.05, 3.63) is 34.8 Å². The van der Waals surface area contributed by atoms with Gasteiger partial charge in [-0.05, 0) is 31.7 Å². The fraction of sp³-hybridized carbons (Fsp3) is 0.312. The maximum atomic E-state index is 13.1. The van der Waals surface area contributed by atoms with E-state index in [1.165, 1.54) is 11.8 Å². The number of allylic oxidation sites excluding steroid dienone is 2. The van der Waals surface area contributed by atoms with E-state index in [1.807, 2.05) is 20.1 Å². The Morgan fingerprint density at radius 1 is 1.33 bits per heavy atom. The number of rotatable bonds is 6. The molecular formula is C16H20BrN3O2S2. The molecule has 1 N–H and O–H groups in total.